The molecule has 1 aromatic carbocycles. The first kappa shape index (κ1) is 15.8. The number of aliphatic hydroxyl groups is 1. The van der Waals surface area contributed by atoms with Crippen molar-refractivity contribution in [2.24, 2.45) is 0 Å². The van der Waals surface area contributed by atoms with Crippen molar-refractivity contribution in [3.63, 3.8) is 0 Å². The Bertz CT molecular complexity index is 372. The molecular weight excluding hydrogens is 245 g/mol. The van der Waals surface area contributed by atoms with Crippen molar-refractivity contribution in [1.29, 1.82) is 0 Å². The van der Waals surface area contributed by atoms with E-state index in [1.165, 1.54) is 24.3 Å². The summed E-state index contributed by atoms with van der Waals surface area (Å²) in [7, 11) is 0. The molecule has 0 spiro atoms. The van der Waals surface area contributed by atoms with Crippen LogP contribution in [0.1, 0.15) is 36.5 Å². The first-order valence-electron chi connectivity index (χ1n) is 6.79. The van der Waals surface area contributed by atoms with Gasteiger partial charge in [-0.05, 0) is 50.2 Å². The molecule has 3 nitrogen and oxygen atoms in total. The molecule has 1 aromatic rings. The van der Waals surface area contributed by atoms with E-state index >= 15 is 0 Å². The van der Waals surface area contributed by atoms with Gasteiger partial charge in [0.05, 0.1) is 6.61 Å². The Morgan fingerprint density at radius 1 is 1.21 bits per heavy atom. The molecule has 0 aromatic heterocycles. The van der Waals surface area contributed by atoms with Gasteiger partial charge in [-0.25, -0.2) is 4.39 Å². The number of aliphatic hydroxyl groups excluding tert-OH is 1. The van der Waals surface area contributed by atoms with E-state index in [9.17, 15) is 9.18 Å². The Kier molecular flexibility index (Phi) is 7.30. The molecule has 0 aliphatic heterocycles. The highest BCUT2D eigenvalue weighted by Gasteiger charge is 2.08. The number of carbonyl (C=O) groups is 1. The van der Waals surface area contributed by atoms with E-state index in [2.05, 4.69) is 11.8 Å². The number of hydrogen-bond donors (Lipinski definition) is 1. The molecule has 0 saturated heterocycles. The van der Waals surface area contributed by atoms with Crippen molar-refractivity contribution >= 4 is 5.78 Å². The van der Waals surface area contributed by atoms with Crippen molar-refractivity contribution < 1.29 is 14.3 Å². The molecule has 4 heteroatoms. The van der Waals surface area contributed by atoms with Gasteiger partial charge in [0.25, 0.3) is 0 Å². The van der Waals surface area contributed by atoms with E-state index in [4.69, 9.17) is 5.11 Å². The topological polar surface area (TPSA) is 40.5 Å². The average molecular weight is 267 g/mol. The minimum absolute atomic E-state index is 0.0421. The molecule has 106 valence electrons. The Morgan fingerprint density at radius 3 is 2.47 bits per heavy atom. The lowest BCUT2D eigenvalue weighted by molar-refractivity contribution is 0.0973. The summed E-state index contributed by atoms with van der Waals surface area (Å²) in [6.07, 6.45) is 2.25. The van der Waals surface area contributed by atoms with Gasteiger partial charge in [-0.3, -0.25) is 4.79 Å². The summed E-state index contributed by atoms with van der Waals surface area (Å²) < 4.78 is 12.7. The van der Waals surface area contributed by atoms with Crippen LogP contribution < -0.4 is 0 Å². The number of hydrogen-bond acceptors (Lipinski definition) is 3. The Hall–Kier alpha value is -1.26. The maximum absolute atomic E-state index is 12.7. The van der Waals surface area contributed by atoms with Crippen LogP contribution in [0.15, 0.2) is 24.3 Å². The molecule has 0 saturated carbocycles. The fraction of sp³-hybridized carbons (Fsp3) is 0.533. The van der Waals surface area contributed by atoms with E-state index in [-0.39, 0.29) is 18.2 Å². The molecule has 0 aliphatic carbocycles. The fourth-order valence-electron chi connectivity index (χ4n) is 2.04. The molecule has 0 fully saturated rings. The number of rotatable bonds is 9. The lowest BCUT2D eigenvalue weighted by Gasteiger charge is -2.19. The van der Waals surface area contributed by atoms with Gasteiger partial charge in [0, 0.05) is 18.5 Å². The van der Waals surface area contributed by atoms with Crippen LogP contribution in [0.25, 0.3) is 0 Å². The van der Waals surface area contributed by atoms with Crippen LogP contribution in [0, 0.1) is 5.82 Å². The number of Topliss-reactive ketones (excluding diaryl/α,β-unsaturated/α-hetero) is 1. The van der Waals surface area contributed by atoms with Gasteiger partial charge in [0.1, 0.15) is 5.82 Å². The predicted molar refractivity (Wildman–Crippen MR) is 73.8 cm³/mol. The quantitative estimate of drug-likeness (QED) is 0.699. The van der Waals surface area contributed by atoms with E-state index in [0.29, 0.717) is 18.5 Å². The van der Waals surface area contributed by atoms with E-state index in [1.807, 2.05) is 0 Å². The second-order valence-corrected chi connectivity index (χ2v) is 4.60. The largest absolute Gasteiger partial charge is 0.395 e. The SMILES string of the molecule is CCCN(CCO)CCCC(=O)c1ccc(F)cc1. The summed E-state index contributed by atoms with van der Waals surface area (Å²) in [6.45, 7) is 4.63. The van der Waals surface area contributed by atoms with Gasteiger partial charge >= 0.3 is 0 Å². The van der Waals surface area contributed by atoms with E-state index in [0.717, 1.165) is 25.9 Å². The number of nitrogens with zero attached hydrogens (tertiary/aromatic N) is 1. The van der Waals surface area contributed by atoms with Gasteiger partial charge in [0.15, 0.2) is 5.78 Å². The van der Waals surface area contributed by atoms with E-state index < -0.39 is 0 Å². The first-order chi connectivity index (χ1) is 9.17. The van der Waals surface area contributed by atoms with Crippen LogP contribution in [0.5, 0.6) is 0 Å². The van der Waals surface area contributed by atoms with Crippen molar-refractivity contribution in [2.75, 3.05) is 26.2 Å². The molecule has 1 N–H and O–H groups in total. The van der Waals surface area contributed by atoms with Crippen LogP contribution in [0.2, 0.25) is 0 Å². The maximum Gasteiger partial charge on any atom is 0.162 e. The highest BCUT2D eigenvalue weighted by Crippen LogP contribution is 2.08. The van der Waals surface area contributed by atoms with Crippen LogP contribution in [0.4, 0.5) is 4.39 Å². The monoisotopic (exact) mass is 267 g/mol. The molecule has 0 unspecified atom stereocenters. The normalized spacial score (nSPS) is 10.9. The highest BCUT2D eigenvalue weighted by atomic mass is 19.1. The van der Waals surface area contributed by atoms with Gasteiger partial charge in [0.2, 0.25) is 0 Å². The second kappa shape index (κ2) is 8.77. The van der Waals surface area contributed by atoms with Gasteiger partial charge < -0.3 is 10.0 Å². The van der Waals surface area contributed by atoms with Crippen molar-refractivity contribution in [3.05, 3.63) is 35.6 Å². The number of ketones is 1. The third kappa shape index (κ3) is 5.94. The highest BCUT2D eigenvalue weighted by molar-refractivity contribution is 5.95. The zero-order valence-electron chi connectivity index (χ0n) is 11.4. The summed E-state index contributed by atoms with van der Waals surface area (Å²) >= 11 is 0. The van der Waals surface area contributed by atoms with E-state index in [1.54, 1.807) is 0 Å². The van der Waals surface area contributed by atoms with Crippen molar-refractivity contribution in [1.82, 2.24) is 4.90 Å². The van der Waals surface area contributed by atoms with Crippen LogP contribution >= 0.6 is 0 Å². The van der Waals surface area contributed by atoms with Crippen molar-refractivity contribution in [3.8, 4) is 0 Å². The Labute approximate surface area is 114 Å². The summed E-state index contributed by atoms with van der Waals surface area (Å²) in [5.74, 6) is -0.283. The third-order valence-electron chi connectivity index (χ3n) is 3.00. The molecule has 0 heterocycles. The van der Waals surface area contributed by atoms with Gasteiger partial charge in [-0.1, -0.05) is 6.92 Å². The van der Waals surface area contributed by atoms with Gasteiger partial charge in [-0.15, -0.1) is 0 Å². The molecule has 19 heavy (non-hydrogen) atoms. The molecule has 0 amide bonds. The number of halogens is 1. The first-order valence-corrected chi connectivity index (χ1v) is 6.79. The summed E-state index contributed by atoms with van der Waals surface area (Å²) in [4.78, 5) is 14.0. The van der Waals surface area contributed by atoms with Crippen LogP contribution in [-0.2, 0) is 0 Å². The smallest absolute Gasteiger partial charge is 0.162 e. The molecule has 1 rings (SSSR count). The second-order valence-electron chi connectivity index (χ2n) is 4.60. The molecular formula is C15H22FNO2. The summed E-state index contributed by atoms with van der Waals surface area (Å²) in [5.41, 5.74) is 0.561. The zero-order chi connectivity index (χ0) is 14.1. The summed E-state index contributed by atoms with van der Waals surface area (Å²) in [5, 5.41) is 8.93. The molecule has 0 bridgehead atoms. The average Bonchev–Trinajstić information content (AvgIpc) is 2.40. The van der Waals surface area contributed by atoms with Crippen molar-refractivity contribution in [2.45, 2.75) is 26.2 Å². The van der Waals surface area contributed by atoms with Crippen LogP contribution in [-0.4, -0.2) is 42.0 Å². The maximum atomic E-state index is 12.7. The lowest BCUT2D eigenvalue weighted by atomic mass is 10.1. The lowest BCUT2D eigenvalue weighted by Crippen LogP contribution is -2.29. The molecule has 0 aliphatic rings. The number of carbonyl (C=O) groups excluding carboxylic acids is 1. The number of benzene rings is 1. The van der Waals surface area contributed by atoms with Gasteiger partial charge in [-0.2, -0.15) is 0 Å². The Morgan fingerprint density at radius 2 is 1.89 bits per heavy atom. The zero-order valence-corrected chi connectivity index (χ0v) is 11.4. The third-order valence-corrected chi connectivity index (χ3v) is 3.00. The fourth-order valence-corrected chi connectivity index (χ4v) is 2.04. The van der Waals surface area contributed by atoms with Crippen LogP contribution in [0.3, 0.4) is 0 Å². The summed E-state index contributed by atoms with van der Waals surface area (Å²) in [6, 6.07) is 5.66. The predicted octanol–water partition coefficient (Wildman–Crippen LogP) is 2.49. The Balaban J connectivity index is 2.35. The standard InChI is InChI=1S/C15H22FNO2/c1-2-9-17(11-12-18)10-3-4-15(19)13-5-7-14(16)8-6-13/h5-8,18H,2-4,9-12H2,1H3. The molecule has 0 atom stereocenters. The molecule has 0 radical (unpaired) electrons. The minimum Gasteiger partial charge on any atom is -0.395 e. The minimum atomic E-state index is -0.325.